The predicted molar refractivity (Wildman–Crippen MR) is 116 cm³/mol. The van der Waals surface area contributed by atoms with E-state index < -0.39 is 10.0 Å². The molecule has 0 amide bonds. The van der Waals surface area contributed by atoms with Crippen molar-refractivity contribution < 1.29 is 15.0 Å². The Morgan fingerprint density at radius 3 is 2.36 bits per heavy atom. The molecule has 0 atom stereocenters. The van der Waals surface area contributed by atoms with Crippen LogP contribution in [0.2, 0.25) is 0 Å². The first-order valence-corrected chi connectivity index (χ1v) is 11.5. The van der Waals surface area contributed by atoms with Crippen molar-refractivity contribution in [3.8, 4) is 0 Å². The normalized spacial score (nSPS) is 19.9. The van der Waals surface area contributed by atoms with Gasteiger partial charge in [0, 0.05) is 33.0 Å². The second kappa shape index (κ2) is 9.87. The molecule has 7 heteroatoms. The molecule has 1 aromatic carbocycles. The molecule has 1 aromatic rings. The zero-order chi connectivity index (χ0) is 20.8. The zero-order valence-corrected chi connectivity index (χ0v) is 18.4. The SMILES string of the molecule is C/C=C(\O)CNCc1ccc(S(=O)(=O)N2CC3(CCN(C)C3)C2)cc1.CCC.[HH]. The molecule has 2 N–H and O–H groups in total. The number of nitrogens with zero attached hydrogens (tertiary/aromatic N) is 2. The van der Waals surface area contributed by atoms with Crippen LogP contribution in [0.15, 0.2) is 41.0 Å². The molecule has 0 aliphatic carbocycles. The summed E-state index contributed by atoms with van der Waals surface area (Å²) < 4.78 is 27.1. The van der Waals surface area contributed by atoms with Crippen molar-refractivity contribution in [3.05, 3.63) is 41.7 Å². The molecule has 0 bridgehead atoms. The average Bonchev–Trinajstić information content (AvgIpc) is 3.04. The van der Waals surface area contributed by atoms with Gasteiger partial charge in [-0.2, -0.15) is 4.31 Å². The van der Waals surface area contributed by atoms with Crippen LogP contribution in [-0.4, -0.2) is 62.5 Å². The number of hydrogen-bond acceptors (Lipinski definition) is 5. The van der Waals surface area contributed by atoms with Crippen LogP contribution in [0.1, 0.15) is 40.6 Å². The van der Waals surface area contributed by atoms with Crippen molar-refractivity contribution in [1.82, 2.24) is 14.5 Å². The molecule has 2 aliphatic heterocycles. The fourth-order valence-electron chi connectivity index (χ4n) is 3.65. The van der Waals surface area contributed by atoms with Gasteiger partial charge in [0.25, 0.3) is 0 Å². The molecule has 0 radical (unpaired) electrons. The van der Waals surface area contributed by atoms with Crippen LogP contribution in [0.3, 0.4) is 0 Å². The number of aliphatic hydroxyl groups is 1. The van der Waals surface area contributed by atoms with E-state index in [-0.39, 0.29) is 6.84 Å². The molecule has 2 fully saturated rings. The molecular formula is C21H37N3O3S. The van der Waals surface area contributed by atoms with Gasteiger partial charge < -0.3 is 15.3 Å². The van der Waals surface area contributed by atoms with Crippen LogP contribution >= 0.6 is 0 Å². The summed E-state index contributed by atoms with van der Waals surface area (Å²) in [6.07, 6.45) is 3.98. The highest BCUT2D eigenvalue weighted by Crippen LogP contribution is 2.41. The smallest absolute Gasteiger partial charge is 0.243 e. The van der Waals surface area contributed by atoms with Gasteiger partial charge in [-0.15, -0.1) is 0 Å². The minimum atomic E-state index is -3.39. The van der Waals surface area contributed by atoms with E-state index in [4.69, 9.17) is 0 Å². The maximum atomic E-state index is 12.7. The first-order valence-electron chi connectivity index (χ1n) is 10.1. The summed E-state index contributed by atoms with van der Waals surface area (Å²) >= 11 is 0. The Balaban J connectivity index is 0.000000990. The highest BCUT2D eigenvalue weighted by molar-refractivity contribution is 7.89. The van der Waals surface area contributed by atoms with Crippen LogP contribution in [0.25, 0.3) is 0 Å². The molecule has 3 rings (SSSR count). The second-order valence-corrected chi connectivity index (χ2v) is 9.93. The summed E-state index contributed by atoms with van der Waals surface area (Å²) in [5.41, 5.74) is 1.15. The summed E-state index contributed by atoms with van der Waals surface area (Å²) in [6.45, 7) is 10.3. The van der Waals surface area contributed by atoms with Crippen LogP contribution in [-0.2, 0) is 16.6 Å². The van der Waals surface area contributed by atoms with E-state index in [0.29, 0.717) is 36.8 Å². The number of likely N-dealkylation sites (tertiary alicyclic amines) is 1. The fraction of sp³-hybridized carbons (Fsp3) is 0.619. The third kappa shape index (κ3) is 5.56. The summed E-state index contributed by atoms with van der Waals surface area (Å²) in [6, 6.07) is 7.00. The van der Waals surface area contributed by atoms with E-state index in [1.165, 1.54) is 6.42 Å². The Bertz CT molecular complexity index is 760. The molecule has 2 aliphatic rings. The van der Waals surface area contributed by atoms with Crippen LogP contribution in [0, 0.1) is 5.41 Å². The van der Waals surface area contributed by atoms with Crippen molar-refractivity contribution in [1.29, 1.82) is 0 Å². The maximum absolute atomic E-state index is 12.7. The van der Waals surface area contributed by atoms with Gasteiger partial charge in [0.2, 0.25) is 10.0 Å². The van der Waals surface area contributed by atoms with Gasteiger partial charge in [0.15, 0.2) is 0 Å². The Morgan fingerprint density at radius 1 is 1.25 bits per heavy atom. The van der Waals surface area contributed by atoms with Crippen molar-refractivity contribution in [2.75, 3.05) is 39.8 Å². The standard InChI is InChI=1S/C18H27N3O3S.C3H8.H2/c1-3-16(22)11-19-10-15-4-6-17(7-5-15)25(23,24)21-13-18(14-21)8-9-20(2)12-18;1-3-2;/h3-7,19,22H,8-14H2,1-2H3;3H2,1-2H3;1H/b16-3-;;. The molecule has 6 nitrogen and oxygen atoms in total. The molecule has 0 saturated carbocycles. The third-order valence-corrected chi connectivity index (χ3v) is 6.99. The minimum Gasteiger partial charge on any atom is -0.511 e. The lowest BCUT2D eigenvalue weighted by Gasteiger charge is -2.46. The van der Waals surface area contributed by atoms with Crippen LogP contribution in [0.5, 0.6) is 0 Å². The lowest BCUT2D eigenvalue weighted by atomic mass is 9.81. The summed E-state index contributed by atoms with van der Waals surface area (Å²) in [5.74, 6) is 0.295. The second-order valence-electron chi connectivity index (χ2n) is 8.00. The number of sulfonamides is 1. The first kappa shape index (κ1) is 22.9. The van der Waals surface area contributed by atoms with Crippen LogP contribution in [0.4, 0.5) is 0 Å². The molecule has 0 unspecified atom stereocenters. The number of benzene rings is 1. The Hall–Kier alpha value is -1.41. The zero-order valence-electron chi connectivity index (χ0n) is 17.6. The van der Waals surface area contributed by atoms with Crippen molar-refractivity contribution in [3.63, 3.8) is 0 Å². The number of allylic oxidation sites excluding steroid dienone is 1. The molecule has 2 heterocycles. The maximum Gasteiger partial charge on any atom is 0.243 e. The van der Waals surface area contributed by atoms with E-state index in [9.17, 15) is 13.5 Å². The summed E-state index contributed by atoms with van der Waals surface area (Å²) in [5, 5.41) is 12.5. The van der Waals surface area contributed by atoms with Gasteiger partial charge >= 0.3 is 0 Å². The van der Waals surface area contributed by atoms with Crippen molar-refractivity contribution in [2.24, 2.45) is 5.41 Å². The number of hydrogen-bond donors (Lipinski definition) is 2. The lowest BCUT2D eigenvalue weighted by Crippen LogP contribution is -2.59. The predicted octanol–water partition coefficient (Wildman–Crippen LogP) is 3.23. The molecular weight excluding hydrogens is 374 g/mol. The fourth-order valence-corrected chi connectivity index (χ4v) is 5.32. The number of nitrogens with one attached hydrogen (secondary N) is 1. The molecule has 0 aromatic heterocycles. The van der Waals surface area contributed by atoms with E-state index >= 15 is 0 Å². The van der Waals surface area contributed by atoms with E-state index in [1.807, 2.05) is 12.1 Å². The van der Waals surface area contributed by atoms with E-state index in [0.717, 1.165) is 25.1 Å². The van der Waals surface area contributed by atoms with Gasteiger partial charge in [-0.25, -0.2) is 8.42 Å². The minimum absolute atomic E-state index is 0. The van der Waals surface area contributed by atoms with Gasteiger partial charge in [0.05, 0.1) is 11.4 Å². The monoisotopic (exact) mass is 411 g/mol. The average molecular weight is 412 g/mol. The third-order valence-electron chi connectivity index (χ3n) is 5.18. The molecule has 28 heavy (non-hydrogen) atoms. The van der Waals surface area contributed by atoms with Crippen molar-refractivity contribution >= 4 is 10.0 Å². The first-order chi connectivity index (χ1) is 13.3. The summed E-state index contributed by atoms with van der Waals surface area (Å²) in [7, 11) is -1.30. The highest BCUT2D eigenvalue weighted by Gasteiger charge is 2.50. The van der Waals surface area contributed by atoms with E-state index in [2.05, 4.69) is 31.1 Å². The lowest BCUT2D eigenvalue weighted by molar-refractivity contribution is 0.0812. The number of aliphatic hydroxyl groups excluding tert-OH is 1. The topological polar surface area (TPSA) is 72.9 Å². The Kier molecular flexibility index (Phi) is 8.07. The van der Waals surface area contributed by atoms with Gasteiger partial charge in [-0.05, 0) is 50.7 Å². The van der Waals surface area contributed by atoms with Gasteiger partial charge in [-0.3, -0.25) is 0 Å². The molecule has 160 valence electrons. The Morgan fingerprint density at radius 2 is 1.86 bits per heavy atom. The number of rotatable bonds is 6. The quantitative estimate of drug-likeness (QED) is 0.703. The largest absolute Gasteiger partial charge is 0.511 e. The summed E-state index contributed by atoms with van der Waals surface area (Å²) in [4.78, 5) is 2.63. The van der Waals surface area contributed by atoms with E-state index in [1.54, 1.807) is 29.4 Å². The molecule has 2 saturated heterocycles. The van der Waals surface area contributed by atoms with Gasteiger partial charge in [0.1, 0.15) is 5.76 Å². The Labute approximate surface area is 171 Å². The van der Waals surface area contributed by atoms with Gasteiger partial charge in [-0.1, -0.05) is 32.4 Å². The van der Waals surface area contributed by atoms with Crippen molar-refractivity contribution in [2.45, 2.75) is 45.1 Å². The highest BCUT2D eigenvalue weighted by atomic mass is 32.2. The van der Waals surface area contributed by atoms with Crippen LogP contribution < -0.4 is 5.32 Å². The molecule has 1 spiro atoms.